The monoisotopic (exact) mass is 296 g/mol. The zero-order valence-corrected chi connectivity index (χ0v) is 12.8. The van der Waals surface area contributed by atoms with E-state index < -0.39 is 6.04 Å². The van der Waals surface area contributed by atoms with Crippen LogP contribution in [0.15, 0.2) is 54.6 Å². The highest BCUT2D eigenvalue weighted by Crippen LogP contribution is 2.07. The number of hydrogen-bond donors (Lipinski definition) is 2. The van der Waals surface area contributed by atoms with Crippen molar-refractivity contribution in [2.24, 2.45) is 0 Å². The highest BCUT2D eigenvalue weighted by Gasteiger charge is 2.17. The molecule has 1 atom stereocenters. The summed E-state index contributed by atoms with van der Waals surface area (Å²) < 4.78 is 0. The maximum absolute atomic E-state index is 12.2. The minimum atomic E-state index is -0.587. The molecule has 2 amide bonds. The Bertz CT molecular complexity index is 653. The number of nitrogens with one attached hydrogen (secondary N) is 2. The van der Waals surface area contributed by atoms with Gasteiger partial charge in [0, 0.05) is 12.1 Å². The second kappa shape index (κ2) is 7.41. The third kappa shape index (κ3) is 4.19. The summed E-state index contributed by atoms with van der Waals surface area (Å²) >= 11 is 0. The van der Waals surface area contributed by atoms with Crippen LogP contribution in [0.1, 0.15) is 28.4 Å². The molecular formula is C18H20N2O2. The number of carbonyl (C=O) groups excluding carboxylic acids is 2. The van der Waals surface area contributed by atoms with Gasteiger partial charge in [-0.25, -0.2) is 0 Å². The summed E-state index contributed by atoms with van der Waals surface area (Å²) in [6.07, 6.45) is 0. The first kappa shape index (κ1) is 15.8. The average molecular weight is 296 g/mol. The number of aryl methyl sites for hydroxylation is 1. The van der Waals surface area contributed by atoms with E-state index in [1.54, 1.807) is 13.0 Å². The molecule has 0 aliphatic heterocycles. The molecule has 0 spiro atoms. The van der Waals surface area contributed by atoms with Crippen molar-refractivity contribution < 1.29 is 9.59 Å². The first-order valence-corrected chi connectivity index (χ1v) is 7.26. The van der Waals surface area contributed by atoms with Gasteiger partial charge >= 0.3 is 0 Å². The maximum atomic E-state index is 12.2. The van der Waals surface area contributed by atoms with Gasteiger partial charge in [-0.3, -0.25) is 9.59 Å². The summed E-state index contributed by atoms with van der Waals surface area (Å²) in [4.78, 5) is 24.2. The van der Waals surface area contributed by atoms with Gasteiger partial charge in [0.1, 0.15) is 6.04 Å². The molecule has 0 aromatic heterocycles. The Morgan fingerprint density at radius 3 is 2.32 bits per heavy atom. The van der Waals surface area contributed by atoms with Crippen LogP contribution in [0, 0.1) is 6.92 Å². The largest absolute Gasteiger partial charge is 0.350 e. The van der Waals surface area contributed by atoms with Crippen LogP contribution in [-0.2, 0) is 11.3 Å². The van der Waals surface area contributed by atoms with Gasteiger partial charge in [0.25, 0.3) is 5.91 Å². The quantitative estimate of drug-likeness (QED) is 0.890. The summed E-state index contributed by atoms with van der Waals surface area (Å²) in [5.41, 5.74) is 2.50. The van der Waals surface area contributed by atoms with Gasteiger partial charge in [-0.1, -0.05) is 48.5 Å². The topological polar surface area (TPSA) is 58.2 Å². The number of benzene rings is 2. The Morgan fingerprint density at radius 2 is 1.64 bits per heavy atom. The summed E-state index contributed by atoms with van der Waals surface area (Å²) in [6.45, 7) is 4.00. The Labute approximate surface area is 130 Å². The van der Waals surface area contributed by atoms with Crippen molar-refractivity contribution in [3.63, 3.8) is 0 Å². The van der Waals surface area contributed by atoms with Crippen LogP contribution in [0.4, 0.5) is 0 Å². The van der Waals surface area contributed by atoms with Crippen molar-refractivity contribution in [2.45, 2.75) is 26.4 Å². The lowest BCUT2D eigenvalue weighted by Gasteiger charge is -2.15. The van der Waals surface area contributed by atoms with E-state index in [0.29, 0.717) is 12.1 Å². The zero-order chi connectivity index (χ0) is 15.9. The van der Waals surface area contributed by atoms with Crippen LogP contribution in [0.2, 0.25) is 0 Å². The summed E-state index contributed by atoms with van der Waals surface area (Å²) in [5.74, 6) is -0.439. The molecule has 0 fully saturated rings. The molecule has 0 saturated heterocycles. The Kier molecular flexibility index (Phi) is 5.31. The molecule has 2 N–H and O–H groups in total. The third-order valence-electron chi connectivity index (χ3n) is 3.44. The lowest BCUT2D eigenvalue weighted by Crippen LogP contribution is -2.44. The van der Waals surface area contributed by atoms with Crippen LogP contribution in [0.25, 0.3) is 0 Å². The van der Waals surface area contributed by atoms with Crippen molar-refractivity contribution in [3.05, 3.63) is 71.3 Å². The molecular weight excluding hydrogens is 276 g/mol. The highest BCUT2D eigenvalue weighted by atomic mass is 16.2. The molecule has 2 aromatic carbocycles. The minimum Gasteiger partial charge on any atom is -0.350 e. The van der Waals surface area contributed by atoms with Crippen molar-refractivity contribution in [1.29, 1.82) is 0 Å². The van der Waals surface area contributed by atoms with E-state index in [1.165, 1.54) is 0 Å². The highest BCUT2D eigenvalue weighted by molar-refractivity contribution is 5.98. The van der Waals surface area contributed by atoms with Crippen LogP contribution >= 0.6 is 0 Å². The van der Waals surface area contributed by atoms with Crippen LogP contribution in [-0.4, -0.2) is 17.9 Å². The molecule has 4 heteroatoms. The van der Waals surface area contributed by atoms with E-state index in [1.807, 2.05) is 55.5 Å². The number of rotatable bonds is 5. The molecule has 0 bridgehead atoms. The molecule has 114 valence electrons. The molecule has 2 aromatic rings. The molecule has 4 nitrogen and oxygen atoms in total. The fourth-order valence-electron chi connectivity index (χ4n) is 2.11. The predicted molar refractivity (Wildman–Crippen MR) is 86.4 cm³/mol. The second-order valence-corrected chi connectivity index (χ2v) is 5.21. The smallest absolute Gasteiger partial charge is 0.252 e. The van der Waals surface area contributed by atoms with Gasteiger partial charge < -0.3 is 10.6 Å². The molecule has 0 aliphatic carbocycles. The van der Waals surface area contributed by atoms with E-state index in [4.69, 9.17) is 0 Å². The zero-order valence-electron chi connectivity index (χ0n) is 12.8. The van der Waals surface area contributed by atoms with Gasteiger partial charge in [0.2, 0.25) is 5.91 Å². The summed E-state index contributed by atoms with van der Waals surface area (Å²) in [6, 6.07) is 16.4. The SMILES string of the molecule is Cc1ccccc1C(=O)NC(C)C(=O)NCc1ccccc1. The van der Waals surface area contributed by atoms with Crippen LogP contribution < -0.4 is 10.6 Å². The van der Waals surface area contributed by atoms with Crippen molar-refractivity contribution in [1.82, 2.24) is 10.6 Å². The molecule has 0 radical (unpaired) electrons. The number of amides is 2. The summed E-state index contributed by atoms with van der Waals surface area (Å²) in [7, 11) is 0. The van der Waals surface area contributed by atoms with Gasteiger partial charge in [-0.2, -0.15) is 0 Å². The second-order valence-electron chi connectivity index (χ2n) is 5.21. The average Bonchev–Trinajstić information content (AvgIpc) is 2.53. The molecule has 0 aliphatic rings. The first-order valence-electron chi connectivity index (χ1n) is 7.26. The van der Waals surface area contributed by atoms with Gasteiger partial charge in [-0.15, -0.1) is 0 Å². The molecule has 1 unspecified atom stereocenters. The summed E-state index contributed by atoms with van der Waals surface area (Å²) in [5, 5.41) is 5.54. The van der Waals surface area contributed by atoms with E-state index in [0.717, 1.165) is 11.1 Å². The molecule has 22 heavy (non-hydrogen) atoms. The van der Waals surface area contributed by atoms with Crippen molar-refractivity contribution in [3.8, 4) is 0 Å². The molecule has 0 saturated carbocycles. The predicted octanol–water partition coefficient (Wildman–Crippen LogP) is 2.43. The number of hydrogen-bond acceptors (Lipinski definition) is 2. The standard InChI is InChI=1S/C18H20N2O2/c1-13-8-6-7-11-16(13)18(22)20-14(2)17(21)19-12-15-9-4-3-5-10-15/h3-11,14H,12H2,1-2H3,(H,19,21)(H,20,22). The van der Waals surface area contributed by atoms with Crippen molar-refractivity contribution >= 4 is 11.8 Å². The maximum Gasteiger partial charge on any atom is 0.252 e. The van der Waals surface area contributed by atoms with Gasteiger partial charge in [0.15, 0.2) is 0 Å². The molecule has 2 rings (SSSR count). The van der Waals surface area contributed by atoms with Crippen LogP contribution in [0.3, 0.4) is 0 Å². The minimum absolute atomic E-state index is 0.203. The fourth-order valence-corrected chi connectivity index (χ4v) is 2.11. The number of carbonyl (C=O) groups is 2. The lowest BCUT2D eigenvalue weighted by atomic mass is 10.1. The van der Waals surface area contributed by atoms with E-state index in [9.17, 15) is 9.59 Å². The van der Waals surface area contributed by atoms with Gasteiger partial charge in [-0.05, 0) is 31.0 Å². The Morgan fingerprint density at radius 1 is 1.00 bits per heavy atom. The molecule has 0 heterocycles. The normalized spacial score (nSPS) is 11.5. The third-order valence-corrected chi connectivity index (χ3v) is 3.44. The van der Waals surface area contributed by atoms with E-state index >= 15 is 0 Å². The van der Waals surface area contributed by atoms with Crippen molar-refractivity contribution in [2.75, 3.05) is 0 Å². The Balaban J connectivity index is 1.89. The first-order chi connectivity index (χ1) is 10.6. The van der Waals surface area contributed by atoms with Gasteiger partial charge in [0.05, 0.1) is 0 Å². The fraction of sp³-hybridized carbons (Fsp3) is 0.222. The van der Waals surface area contributed by atoms with E-state index in [2.05, 4.69) is 10.6 Å². The lowest BCUT2D eigenvalue weighted by molar-refractivity contribution is -0.122. The van der Waals surface area contributed by atoms with Crippen LogP contribution in [0.5, 0.6) is 0 Å². The van der Waals surface area contributed by atoms with E-state index in [-0.39, 0.29) is 11.8 Å². The Hall–Kier alpha value is -2.62.